The SMILES string of the molecule is CC(C)(C)OC(=O)N1CCN(c2ccc3c(c2)NC(=O)C3(C)C)CC1. The van der Waals surface area contributed by atoms with Crippen molar-refractivity contribution in [3.05, 3.63) is 23.8 Å². The summed E-state index contributed by atoms with van der Waals surface area (Å²) < 4.78 is 5.43. The number of fused-ring (bicyclic) bond motifs is 1. The van der Waals surface area contributed by atoms with Crippen LogP contribution in [-0.4, -0.2) is 48.7 Å². The first-order valence-electron chi connectivity index (χ1n) is 8.77. The van der Waals surface area contributed by atoms with Crippen molar-refractivity contribution < 1.29 is 14.3 Å². The highest BCUT2D eigenvalue weighted by Gasteiger charge is 2.38. The molecule has 0 saturated carbocycles. The molecular weight excluding hydrogens is 318 g/mol. The maximum Gasteiger partial charge on any atom is 0.410 e. The van der Waals surface area contributed by atoms with Gasteiger partial charge in [0.15, 0.2) is 0 Å². The Bertz CT molecular complexity index is 698. The second-order valence-electron chi connectivity index (χ2n) is 8.26. The molecule has 0 spiro atoms. The Kier molecular flexibility index (Phi) is 4.17. The molecular formula is C19H27N3O3. The van der Waals surface area contributed by atoms with Gasteiger partial charge >= 0.3 is 6.09 Å². The highest BCUT2D eigenvalue weighted by molar-refractivity contribution is 6.06. The van der Waals surface area contributed by atoms with Crippen molar-refractivity contribution in [2.24, 2.45) is 0 Å². The molecule has 0 bridgehead atoms. The number of anilines is 2. The van der Waals surface area contributed by atoms with Crippen LogP contribution in [0.3, 0.4) is 0 Å². The van der Waals surface area contributed by atoms with Crippen LogP contribution in [0.1, 0.15) is 40.2 Å². The molecule has 3 rings (SSSR count). The number of nitrogens with one attached hydrogen (secondary N) is 1. The molecule has 136 valence electrons. The zero-order valence-electron chi connectivity index (χ0n) is 15.7. The van der Waals surface area contributed by atoms with E-state index < -0.39 is 11.0 Å². The third kappa shape index (κ3) is 3.43. The van der Waals surface area contributed by atoms with E-state index >= 15 is 0 Å². The van der Waals surface area contributed by atoms with Crippen molar-refractivity contribution in [1.82, 2.24) is 4.90 Å². The molecule has 0 atom stereocenters. The highest BCUT2D eigenvalue weighted by atomic mass is 16.6. The molecule has 2 aliphatic heterocycles. The average Bonchev–Trinajstić information content (AvgIpc) is 2.75. The lowest BCUT2D eigenvalue weighted by molar-refractivity contribution is -0.119. The second-order valence-corrected chi connectivity index (χ2v) is 8.26. The second kappa shape index (κ2) is 5.93. The third-order valence-corrected chi connectivity index (χ3v) is 4.79. The van der Waals surface area contributed by atoms with Crippen molar-refractivity contribution in [2.45, 2.75) is 45.6 Å². The Labute approximate surface area is 149 Å². The summed E-state index contributed by atoms with van der Waals surface area (Å²) in [5.41, 5.74) is 2.04. The number of nitrogens with zero attached hydrogens (tertiary/aromatic N) is 2. The molecule has 1 aromatic rings. The molecule has 25 heavy (non-hydrogen) atoms. The summed E-state index contributed by atoms with van der Waals surface area (Å²) in [5, 5.41) is 2.97. The molecule has 1 aromatic carbocycles. The molecule has 1 N–H and O–H groups in total. The smallest absolute Gasteiger partial charge is 0.410 e. The monoisotopic (exact) mass is 345 g/mol. The normalized spacial score (nSPS) is 19.5. The molecule has 0 unspecified atom stereocenters. The summed E-state index contributed by atoms with van der Waals surface area (Å²) in [5.74, 6) is 0.0365. The van der Waals surface area contributed by atoms with E-state index in [4.69, 9.17) is 4.74 Å². The molecule has 2 heterocycles. The van der Waals surface area contributed by atoms with Crippen molar-refractivity contribution in [3.8, 4) is 0 Å². The first-order valence-corrected chi connectivity index (χ1v) is 8.77. The number of carbonyl (C=O) groups is 2. The van der Waals surface area contributed by atoms with Crippen LogP contribution in [-0.2, 0) is 14.9 Å². The lowest BCUT2D eigenvalue weighted by Crippen LogP contribution is -2.50. The quantitative estimate of drug-likeness (QED) is 0.850. The Morgan fingerprint density at radius 2 is 1.80 bits per heavy atom. The van der Waals surface area contributed by atoms with Crippen LogP contribution in [0.15, 0.2) is 18.2 Å². The molecule has 0 radical (unpaired) electrons. The van der Waals surface area contributed by atoms with Crippen molar-refractivity contribution in [2.75, 3.05) is 36.4 Å². The molecule has 1 saturated heterocycles. The summed E-state index contributed by atoms with van der Waals surface area (Å²) >= 11 is 0. The van der Waals surface area contributed by atoms with Gasteiger partial charge < -0.3 is 19.9 Å². The van der Waals surface area contributed by atoms with E-state index in [2.05, 4.69) is 16.3 Å². The zero-order valence-corrected chi connectivity index (χ0v) is 15.7. The Balaban J connectivity index is 1.66. The lowest BCUT2D eigenvalue weighted by atomic mass is 9.86. The van der Waals surface area contributed by atoms with Gasteiger partial charge in [-0.2, -0.15) is 0 Å². The summed E-state index contributed by atoms with van der Waals surface area (Å²) in [4.78, 5) is 28.2. The van der Waals surface area contributed by atoms with Gasteiger partial charge in [0.25, 0.3) is 0 Å². The summed E-state index contributed by atoms with van der Waals surface area (Å²) in [6.45, 7) is 12.3. The van der Waals surface area contributed by atoms with E-state index in [1.807, 2.05) is 46.8 Å². The fraction of sp³-hybridized carbons (Fsp3) is 0.579. The van der Waals surface area contributed by atoms with Crippen molar-refractivity contribution in [3.63, 3.8) is 0 Å². The predicted molar refractivity (Wildman–Crippen MR) is 98.1 cm³/mol. The van der Waals surface area contributed by atoms with E-state index in [9.17, 15) is 9.59 Å². The number of ether oxygens (including phenoxy) is 1. The van der Waals surface area contributed by atoms with Crippen molar-refractivity contribution >= 4 is 23.4 Å². The Morgan fingerprint density at radius 1 is 1.16 bits per heavy atom. The number of hydrogen-bond donors (Lipinski definition) is 1. The van der Waals surface area contributed by atoms with Crippen LogP contribution < -0.4 is 10.2 Å². The van der Waals surface area contributed by atoms with E-state index in [1.165, 1.54) is 0 Å². The number of hydrogen-bond acceptors (Lipinski definition) is 4. The van der Waals surface area contributed by atoms with Gasteiger partial charge in [0.1, 0.15) is 5.60 Å². The molecule has 1 fully saturated rings. The average molecular weight is 345 g/mol. The van der Waals surface area contributed by atoms with Gasteiger partial charge in [0.2, 0.25) is 5.91 Å². The molecule has 6 heteroatoms. The third-order valence-electron chi connectivity index (χ3n) is 4.79. The number of piperazine rings is 1. The standard InChI is InChI=1S/C19H27N3O3/c1-18(2,3)25-17(24)22-10-8-21(9-11-22)13-6-7-14-15(12-13)20-16(23)19(14,4)5/h6-7,12H,8-11H2,1-5H3,(H,20,23). The fourth-order valence-corrected chi connectivity index (χ4v) is 3.25. The van der Waals surface area contributed by atoms with E-state index in [1.54, 1.807) is 4.90 Å². The largest absolute Gasteiger partial charge is 0.444 e. The first-order chi connectivity index (χ1) is 11.6. The summed E-state index contributed by atoms with van der Waals surface area (Å²) in [7, 11) is 0. The minimum Gasteiger partial charge on any atom is -0.444 e. The van der Waals surface area contributed by atoms with Gasteiger partial charge in [-0.05, 0) is 52.3 Å². The lowest BCUT2D eigenvalue weighted by Gasteiger charge is -2.37. The predicted octanol–water partition coefficient (Wildman–Crippen LogP) is 2.97. The van der Waals surface area contributed by atoms with Crippen LogP contribution in [0.5, 0.6) is 0 Å². The van der Waals surface area contributed by atoms with Gasteiger partial charge in [0, 0.05) is 37.6 Å². The zero-order chi connectivity index (χ0) is 18.4. The molecule has 6 nitrogen and oxygen atoms in total. The van der Waals surface area contributed by atoms with E-state index in [0.29, 0.717) is 13.1 Å². The van der Waals surface area contributed by atoms with Gasteiger partial charge in [-0.1, -0.05) is 6.07 Å². The number of carbonyl (C=O) groups excluding carboxylic acids is 2. The first kappa shape index (κ1) is 17.6. The summed E-state index contributed by atoms with van der Waals surface area (Å²) in [6, 6.07) is 6.12. The van der Waals surface area contributed by atoms with Gasteiger partial charge in [-0.15, -0.1) is 0 Å². The van der Waals surface area contributed by atoms with E-state index in [0.717, 1.165) is 30.0 Å². The fourth-order valence-electron chi connectivity index (χ4n) is 3.25. The minimum absolute atomic E-state index is 0.0365. The molecule has 0 aliphatic carbocycles. The highest BCUT2D eigenvalue weighted by Crippen LogP contribution is 2.39. The molecule has 2 aliphatic rings. The number of benzene rings is 1. The maximum atomic E-state index is 12.2. The van der Waals surface area contributed by atoms with E-state index in [-0.39, 0.29) is 12.0 Å². The van der Waals surface area contributed by atoms with Crippen LogP contribution >= 0.6 is 0 Å². The van der Waals surface area contributed by atoms with Crippen LogP contribution in [0.25, 0.3) is 0 Å². The number of amides is 2. The Morgan fingerprint density at radius 3 is 2.40 bits per heavy atom. The van der Waals surface area contributed by atoms with Gasteiger partial charge in [-0.25, -0.2) is 4.79 Å². The number of rotatable bonds is 1. The molecule has 0 aromatic heterocycles. The van der Waals surface area contributed by atoms with Crippen LogP contribution in [0.4, 0.5) is 16.2 Å². The topological polar surface area (TPSA) is 61.9 Å². The summed E-state index contributed by atoms with van der Waals surface area (Å²) in [6.07, 6.45) is -0.255. The van der Waals surface area contributed by atoms with Gasteiger partial charge in [0.05, 0.1) is 5.41 Å². The van der Waals surface area contributed by atoms with Crippen LogP contribution in [0.2, 0.25) is 0 Å². The maximum absolute atomic E-state index is 12.2. The van der Waals surface area contributed by atoms with Crippen LogP contribution in [0, 0.1) is 0 Å². The van der Waals surface area contributed by atoms with Crippen molar-refractivity contribution in [1.29, 1.82) is 0 Å². The Hall–Kier alpha value is -2.24. The minimum atomic E-state index is -0.483. The van der Waals surface area contributed by atoms with Gasteiger partial charge in [-0.3, -0.25) is 4.79 Å². The molecule has 2 amide bonds.